The Bertz CT molecular complexity index is 93.0. The standard InChI is InChI=1S/C5H11NO2S/c1-3-4(9-2)6-5(7)8/h4,6H,3H2,1-2H3,(H,7,8). The van der Waals surface area contributed by atoms with Crippen molar-refractivity contribution in [3.63, 3.8) is 0 Å². The lowest BCUT2D eigenvalue weighted by Crippen LogP contribution is -2.29. The monoisotopic (exact) mass is 149 g/mol. The van der Waals surface area contributed by atoms with Gasteiger partial charge < -0.3 is 10.4 Å². The molecule has 0 bridgehead atoms. The lowest BCUT2D eigenvalue weighted by Gasteiger charge is -2.09. The molecule has 54 valence electrons. The molecule has 1 atom stereocenters. The van der Waals surface area contributed by atoms with Gasteiger partial charge in [0.05, 0.1) is 5.37 Å². The van der Waals surface area contributed by atoms with Crippen LogP contribution in [-0.2, 0) is 0 Å². The largest absolute Gasteiger partial charge is 0.465 e. The van der Waals surface area contributed by atoms with E-state index in [-0.39, 0.29) is 5.37 Å². The van der Waals surface area contributed by atoms with Crippen LogP contribution in [0.4, 0.5) is 4.79 Å². The summed E-state index contributed by atoms with van der Waals surface area (Å²) in [7, 11) is 0. The Morgan fingerprint density at radius 3 is 2.56 bits per heavy atom. The zero-order chi connectivity index (χ0) is 7.28. The van der Waals surface area contributed by atoms with Crippen molar-refractivity contribution < 1.29 is 9.90 Å². The molecule has 0 spiro atoms. The van der Waals surface area contributed by atoms with Crippen LogP contribution in [0.5, 0.6) is 0 Å². The zero-order valence-corrected chi connectivity index (χ0v) is 6.36. The van der Waals surface area contributed by atoms with Gasteiger partial charge in [0.1, 0.15) is 0 Å². The van der Waals surface area contributed by atoms with E-state index >= 15 is 0 Å². The quantitative estimate of drug-likeness (QED) is 0.595. The first-order chi connectivity index (χ1) is 4.20. The highest BCUT2D eigenvalue weighted by molar-refractivity contribution is 7.99. The van der Waals surface area contributed by atoms with Gasteiger partial charge in [-0.15, -0.1) is 11.8 Å². The minimum absolute atomic E-state index is 0.0440. The second kappa shape index (κ2) is 4.49. The summed E-state index contributed by atoms with van der Waals surface area (Å²) in [5.41, 5.74) is 0. The molecule has 9 heavy (non-hydrogen) atoms. The maximum Gasteiger partial charge on any atom is 0.405 e. The molecule has 0 saturated carbocycles. The van der Waals surface area contributed by atoms with E-state index in [1.807, 2.05) is 13.2 Å². The highest BCUT2D eigenvalue weighted by Gasteiger charge is 2.04. The third kappa shape index (κ3) is 4.14. The van der Waals surface area contributed by atoms with Crippen LogP contribution >= 0.6 is 11.8 Å². The summed E-state index contributed by atoms with van der Waals surface area (Å²) in [5, 5.41) is 10.6. The fourth-order valence-corrected chi connectivity index (χ4v) is 1.02. The minimum atomic E-state index is -0.948. The number of carboxylic acid groups (broad SMARTS) is 1. The lowest BCUT2D eigenvalue weighted by atomic mass is 10.5. The van der Waals surface area contributed by atoms with Crippen molar-refractivity contribution in [1.29, 1.82) is 0 Å². The number of hydrogen-bond donors (Lipinski definition) is 2. The highest BCUT2D eigenvalue weighted by Crippen LogP contribution is 2.05. The molecule has 3 nitrogen and oxygen atoms in total. The van der Waals surface area contributed by atoms with Crippen LogP contribution in [0.15, 0.2) is 0 Å². The minimum Gasteiger partial charge on any atom is -0.465 e. The normalized spacial score (nSPS) is 12.7. The van der Waals surface area contributed by atoms with Gasteiger partial charge in [-0.2, -0.15) is 0 Å². The average Bonchev–Trinajstić information content (AvgIpc) is 1.82. The van der Waals surface area contributed by atoms with E-state index < -0.39 is 6.09 Å². The summed E-state index contributed by atoms with van der Waals surface area (Å²) in [6.07, 6.45) is 1.76. The van der Waals surface area contributed by atoms with E-state index in [1.165, 1.54) is 11.8 Å². The van der Waals surface area contributed by atoms with E-state index in [4.69, 9.17) is 5.11 Å². The predicted molar refractivity (Wildman–Crippen MR) is 38.8 cm³/mol. The lowest BCUT2D eigenvalue weighted by molar-refractivity contribution is 0.193. The summed E-state index contributed by atoms with van der Waals surface area (Å²) in [6, 6.07) is 0. The highest BCUT2D eigenvalue weighted by atomic mass is 32.2. The smallest absolute Gasteiger partial charge is 0.405 e. The molecule has 1 unspecified atom stereocenters. The van der Waals surface area contributed by atoms with Crippen LogP contribution < -0.4 is 5.32 Å². The maximum absolute atomic E-state index is 10.0. The molecule has 0 heterocycles. The molecule has 0 saturated heterocycles. The first-order valence-electron chi connectivity index (χ1n) is 2.73. The molecule has 0 aliphatic heterocycles. The van der Waals surface area contributed by atoms with Crippen molar-refractivity contribution in [2.75, 3.05) is 6.26 Å². The van der Waals surface area contributed by atoms with Gasteiger partial charge in [-0.3, -0.25) is 0 Å². The molecule has 2 N–H and O–H groups in total. The number of hydrogen-bond acceptors (Lipinski definition) is 2. The van der Waals surface area contributed by atoms with E-state index in [0.717, 1.165) is 6.42 Å². The Morgan fingerprint density at radius 2 is 2.44 bits per heavy atom. The molecule has 0 radical (unpaired) electrons. The van der Waals surface area contributed by atoms with E-state index in [1.54, 1.807) is 0 Å². The Kier molecular flexibility index (Phi) is 4.30. The fraction of sp³-hybridized carbons (Fsp3) is 0.800. The van der Waals surface area contributed by atoms with Crippen molar-refractivity contribution in [2.24, 2.45) is 0 Å². The van der Waals surface area contributed by atoms with E-state index in [2.05, 4.69) is 5.32 Å². The second-order valence-electron chi connectivity index (χ2n) is 1.58. The molecular formula is C5H11NO2S. The zero-order valence-electron chi connectivity index (χ0n) is 5.55. The Hall–Kier alpha value is -0.380. The van der Waals surface area contributed by atoms with Gasteiger partial charge >= 0.3 is 6.09 Å². The molecule has 0 fully saturated rings. The molecule has 0 aliphatic carbocycles. The number of amides is 1. The van der Waals surface area contributed by atoms with E-state index in [9.17, 15) is 4.79 Å². The average molecular weight is 149 g/mol. The van der Waals surface area contributed by atoms with Crippen LogP contribution in [0.1, 0.15) is 13.3 Å². The predicted octanol–water partition coefficient (Wildman–Crippen LogP) is 1.35. The molecule has 4 heteroatoms. The molecule has 1 amide bonds. The first kappa shape index (κ1) is 8.62. The summed E-state index contributed by atoms with van der Waals surface area (Å²) in [4.78, 5) is 10.0. The molecule has 0 aromatic heterocycles. The Balaban J connectivity index is 3.43. The Labute approximate surface area is 58.8 Å². The molecular weight excluding hydrogens is 138 g/mol. The third-order valence-electron chi connectivity index (χ3n) is 0.940. The maximum atomic E-state index is 10.0. The summed E-state index contributed by atoms with van der Waals surface area (Å²) < 4.78 is 0. The topological polar surface area (TPSA) is 49.3 Å². The molecule has 0 aliphatic rings. The van der Waals surface area contributed by atoms with E-state index in [0.29, 0.717) is 0 Å². The first-order valence-corrected chi connectivity index (χ1v) is 4.01. The van der Waals surface area contributed by atoms with Crippen LogP contribution in [0.25, 0.3) is 0 Å². The van der Waals surface area contributed by atoms with Gasteiger partial charge in [-0.25, -0.2) is 4.79 Å². The molecule has 0 aromatic rings. The summed E-state index contributed by atoms with van der Waals surface area (Å²) in [5.74, 6) is 0. The van der Waals surface area contributed by atoms with Gasteiger partial charge in [-0.05, 0) is 12.7 Å². The van der Waals surface area contributed by atoms with Crippen LogP contribution in [0.2, 0.25) is 0 Å². The third-order valence-corrected chi connectivity index (χ3v) is 1.96. The summed E-state index contributed by atoms with van der Waals surface area (Å²) in [6.45, 7) is 1.94. The van der Waals surface area contributed by atoms with Gasteiger partial charge in [-0.1, -0.05) is 6.92 Å². The van der Waals surface area contributed by atoms with Crippen molar-refractivity contribution >= 4 is 17.9 Å². The van der Waals surface area contributed by atoms with Gasteiger partial charge in [0.15, 0.2) is 0 Å². The molecule has 0 rings (SSSR count). The summed E-state index contributed by atoms with van der Waals surface area (Å²) >= 11 is 1.51. The molecule has 0 aromatic carbocycles. The van der Waals surface area contributed by atoms with Crippen molar-refractivity contribution in [2.45, 2.75) is 18.7 Å². The number of rotatable bonds is 3. The number of nitrogens with one attached hydrogen (secondary N) is 1. The SMILES string of the molecule is CCC(NC(=O)O)SC. The van der Waals surface area contributed by atoms with Gasteiger partial charge in [0.25, 0.3) is 0 Å². The van der Waals surface area contributed by atoms with Crippen LogP contribution in [0, 0.1) is 0 Å². The van der Waals surface area contributed by atoms with Gasteiger partial charge in [0.2, 0.25) is 0 Å². The Morgan fingerprint density at radius 1 is 1.89 bits per heavy atom. The second-order valence-corrected chi connectivity index (χ2v) is 2.62. The van der Waals surface area contributed by atoms with Crippen LogP contribution in [0.3, 0.4) is 0 Å². The van der Waals surface area contributed by atoms with Crippen molar-refractivity contribution in [1.82, 2.24) is 5.32 Å². The number of thioether (sulfide) groups is 1. The van der Waals surface area contributed by atoms with Crippen molar-refractivity contribution in [3.8, 4) is 0 Å². The van der Waals surface area contributed by atoms with Crippen molar-refractivity contribution in [3.05, 3.63) is 0 Å². The van der Waals surface area contributed by atoms with Gasteiger partial charge in [0, 0.05) is 0 Å². The number of carbonyl (C=O) groups is 1. The fourth-order valence-electron chi connectivity index (χ4n) is 0.465. The van der Waals surface area contributed by atoms with Crippen LogP contribution in [-0.4, -0.2) is 22.8 Å².